The average Bonchev–Trinajstić information content (AvgIpc) is 2.92. The number of piperidine rings is 1. The highest BCUT2D eigenvalue weighted by Gasteiger charge is 2.32. The van der Waals surface area contributed by atoms with Crippen molar-refractivity contribution in [3.63, 3.8) is 0 Å². The van der Waals surface area contributed by atoms with Gasteiger partial charge in [0.15, 0.2) is 0 Å². The van der Waals surface area contributed by atoms with E-state index in [0.717, 1.165) is 42.6 Å². The Bertz CT molecular complexity index is 1000. The number of fused-ring (bicyclic) bond motifs is 1. The van der Waals surface area contributed by atoms with Crippen molar-refractivity contribution in [2.24, 2.45) is 0 Å². The minimum atomic E-state index is -3.30. The van der Waals surface area contributed by atoms with Gasteiger partial charge < -0.3 is 20.6 Å². The van der Waals surface area contributed by atoms with Crippen LogP contribution in [-0.2, 0) is 10.0 Å². The first-order chi connectivity index (χ1) is 14.3. The van der Waals surface area contributed by atoms with Crippen LogP contribution in [0.5, 0.6) is 0 Å². The zero-order valence-electron chi connectivity index (χ0n) is 17.5. The normalized spacial score (nSPS) is 26.5. The molecule has 0 bridgehead atoms. The van der Waals surface area contributed by atoms with Crippen molar-refractivity contribution < 1.29 is 13.5 Å². The number of hydrogen-bond acceptors (Lipinski definition) is 8. The topological polar surface area (TPSA) is 111 Å². The van der Waals surface area contributed by atoms with Crippen molar-refractivity contribution in [1.29, 1.82) is 0 Å². The number of pyridine rings is 2. The van der Waals surface area contributed by atoms with Gasteiger partial charge in [-0.05, 0) is 38.4 Å². The Labute approximate surface area is 177 Å². The predicted molar refractivity (Wildman–Crippen MR) is 118 cm³/mol. The van der Waals surface area contributed by atoms with Gasteiger partial charge in [-0.25, -0.2) is 18.4 Å². The zero-order chi connectivity index (χ0) is 21.3. The molecule has 0 radical (unpaired) electrons. The molecule has 0 aromatic carbocycles. The third-order valence-corrected chi connectivity index (χ3v) is 7.24. The number of nitrogens with one attached hydrogen (secondary N) is 2. The molecule has 30 heavy (non-hydrogen) atoms. The number of rotatable bonds is 4. The summed E-state index contributed by atoms with van der Waals surface area (Å²) >= 11 is 0. The van der Waals surface area contributed by atoms with Gasteiger partial charge in [0.25, 0.3) is 0 Å². The van der Waals surface area contributed by atoms with E-state index in [2.05, 4.69) is 32.4 Å². The number of aliphatic hydroxyl groups is 1. The third-order valence-electron chi connectivity index (χ3n) is 5.97. The highest BCUT2D eigenvalue weighted by atomic mass is 32.2. The van der Waals surface area contributed by atoms with Gasteiger partial charge in [-0.3, -0.25) is 0 Å². The Morgan fingerprint density at radius 1 is 1.30 bits per heavy atom. The van der Waals surface area contributed by atoms with Gasteiger partial charge in [-0.15, -0.1) is 0 Å². The van der Waals surface area contributed by atoms with Gasteiger partial charge in [-0.2, -0.15) is 4.31 Å². The molecule has 164 valence electrons. The Kier molecular flexibility index (Phi) is 6.10. The fourth-order valence-electron chi connectivity index (χ4n) is 4.25. The molecule has 2 aliphatic rings. The number of anilines is 2. The molecular formula is C20H30N6O3S. The zero-order valence-corrected chi connectivity index (χ0v) is 18.3. The molecule has 3 atom stereocenters. The summed E-state index contributed by atoms with van der Waals surface area (Å²) in [5.74, 6) is 1.61. The molecule has 3 N–H and O–H groups in total. The Hall–Kier alpha value is -2.01. The minimum Gasteiger partial charge on any atom is -0.390 e. The van der Waals surface area contributed by atoms with E-state index in [9.17, 15) is 13.5 Å². The molecule has 2 aromatic heterocycles. The lowest BCUT2D eigenvalue weighted by molar-refractivity contribution is 0.0952. The van der Waals surface area contributed by atoms with Crippen LogP contribution >= 0.6 is 0 Å². The van der Waals surface area contributed by atoms with E-state index in [4.69, 9.17) is 0 Å². The van der Waals surface area contributed by atoms with Crippen molar-refractivity contribution in [2.45, 2.75) is 38.0 Å². The van der Waals surface area contributed by atoms with Crippen molar-refractivity contribution >= 4 is 32.4 Å². The second kappa shape index (κ2) is 8.62. The number of aliphatic hydroxyl groups excluding tert-OH is 1. The summed E-state index contributed by atoms with van der Waals surface area (Å²) in [4.78, 5) is 11.5. The highest BCUT2D eigenvalue weighted by Crippen LogP contribution is 2.29. The summed E-state index contributed by atoms with van der Waals surface area (Å²) in [6.07, 6.45) is 5.60. The molecule has 2 saturated heterocycles. The quantitative estimate of drug-likeness (QED) is 0.643. The second-order valence-electron chi connectivity index (χ2n) is 8.25. The van der Waals surface area contributed by atoms with Gasteiger partial charge in [0.2, 0.25) is 10.0 Å². The van der Waals surface area contributed by atoms with Crippen molar-refractivity contribution in [1.82, 2.24) is 19.6 Å². The maximum atomic E-state index is 11.7. The minimum absolute atomic E-state index is 0.0924. The van der Waals surface area contributed by atoms with Crippen molar-refractivity contribution in [2.75, 3.05) is 49.2 Å². The first-order valence-corrected chi connectivity index (χ1v) is 12.3. The SMILES string of the molecule is C[C@@H]1CNCCCN1c1nccc2cnc(N[C@@H]3CCN(S(C)(=O)=O)C[C@H]3O)cc12. The molecule has 2 fully saturated rings. The van der Waals surface area contributed by atoms with E-state index in [1.165, 1.54) is 10.6 Å². The summed E-state index contributed by atoms with van der Waals surface area (Å²) in [6, 6.07) is 4.01. The molecule has 2 aromatic rings. The largest absolute Gasteiger partial charge is 0.390 e. The molecule has 10 heteroatoms. The lowest BCUT2D eigenvalue weighted by atomic mass is 10.0. The van der Waals surface area contributed by atoms with E-state index in [0.29, 0.717) is 24.8 Å². The monoisotopic (exact) mass is 434 g/mol. The molecule has 2 aliphatic heterocycles. The maximum Gasteiger partial charge on any atom is 0.211 e. The number of aromatic nitrogens is 2. The number of hydrogen-bond donors (Lipinski definition) is 3. The molecule has 0 saturated carbocycles. The first kappa shape index (κ1) is 21.2. The standard InChI is InChI=1S/C20H30N6O3S/c1-14-11-21-6-3-8-26(14)20-16-10-19(23-12-15(16)4-7-22-20)24-17-5-9-25(13-18(17)27)30(2,28)29/h4,7,10,12,14,17-18,21,27H,3,5-6,8-9,11,13H2,1-2H3,(H,23,24)/t14-,17-,18-/m1/s1. The number of nitrogens with zero attached hydrogens (tertiary/aromatic N) is 4. The first-order valence-electron chi connectivity index (χ1n) is 10.4. The van der Waals surface area contributed by atoms with Gasteiger partial charge in [0, 0.05) is 55.4 Å². The fraction of sp³-hybridized carbons (Fsp3) is 0.600. The van der Waals surface area contributed by atoms with E-state index in [-0.39, 0.29) is 12.6 Å². The third kappa shape index (κ3) is 4.51. The Morgan fingerprint density at radius 3 is 2.90 bits per heavy atom. The smallest absolute Gasteiger partial charge is 0.211 e. The van der Waals surface area contributed by atoms with Gasteiger partial charge in [-0.1, -0.05) is 0 Å². The summed E-state index contributed by atoms with van der Waals surface area (Å²) in [6.45, 7) is 5.53. The molecule has 4 rings (SSSR count). The fourth-order valence-corrected chi connectivity index (χ4v) is 5.11. The molecule has 9 nitrogen and oxygen atoms in total. The molecule has 4 heterocycles. The Balaban J connectivity index is 1.57. The molecule has 0 aliphatic carbocycles. The summed E-state index contributed by atoms with van der Waals surface area (Å²) in [7, 11) is -3.30. The van der Waals surface area contributed by atoms with Crippen LogP contribution in [0.25, 0.3) is 10.8 Å². The van der Waals surface area contributed by atoms with Gasteiger partial charge in [0.05, 0.1) is 18.4 Å². The summed E-state index contributed by atoms with van der Waals surface area (Å²) in [5, 5.41) is 19.3. The predicted octanol–water partition coefficient (Wildman–Crippen LogP) is 0.625. The summed E-state index contributed by atoms with van der Waals surface area (Å²) in [5.41, 5.74) is 0. The van der Waals surface area contributed by atoms with Gasteiger partial charge >= 0.3 is 0 Å². The van der Waals surface area contributed by atoms with E-state index < -0.39 is 16.1 Å². The van der Waals surface area contributed by atoms with Crippen molar-refractivity contribution in [3.05, 3.63) is 24.5 Å². The average molecular weight is 435 g/mol. The number of sulfonamides is 1. The second-order valence-corrected chi connectivity index (χ2v) is 10.2. The van der Waals surface area contributed by atoms with Crippen LogP contribution in [0.15, 0.2) is 24.5 Å². The molecular weight excluding hydrogens is 404 g/mol. The van der Waals surface area contributed by atoms with Crippen LogP contribution < -0.4 is 15.5 Å². The van der Waals surface area contributed by atoms with Crippen LogP contribution in [0, 0.1) is 0 Å². The number of β-amino-alcohol motifs (C(OH)–C–C–N with tert-alkyl or cyclic N) is 1. The van der Waals surface area contributed by atoms with Crippen LogP contribution in [-0.4, -0.2) is 85.0 Å². The maximum absolute atomic E-state index is 11.7. The molecule has 0 unspecified atom stereocenters. The summed E-state index contributed by atoms with van der Waals surface area (Å²) < 4.78 is 24.8. The molecule has 0 amide bonds. The Morgan fingerprint density at radius 2 is 2.13 bits per heavy atom. The van der Waals surface area contributed by atoms with E-state index in [1.807, 2.05) is 24.5 Å². The van der Waals surface area contributed by atoms with E-state index in [1.54, 1.807) is 0 Å². The van der Waals surface area contributed by atoms with Gasteiger partial charge in [0.1, 0.15) is 11.6 Å². The van der Waals surface area contributed by atoms with Crippen molar-refractivity contribution in [3.8, 4) is 0 Å². The molecule has 0 spiro atoms. The lowest BCUT2D eigenvalue weighted by Crippen LogP contribution is -2.51. The van der Waals surface area contributed by atoms with Crippen LogP contribution in [0.3, 0.4) is 0 Å². The lowest BCUT2D eigenvalue weighted by Gasteiger charge is -2.35. The highest BCUT2D eigenvalue weighted by molar-refractivity contribution is 7.88. The van der Waals surface area contributed by atoms with Crippen LogP contribution in [0.4, 0.5) is 11.6 Å². The van der Waals surface area contributed by atoms with Crippen LogP contribution in [0.1, 0.15) is 19.8 Å². The van der Waals surface area contributed by atoms with Crippen LogP contribution in [0.2, 0.25) is 0 Å². The van der Waals surface area contributed by atoms with E-state index >= 15 is 0 Å².